The molecule has 152 valence electrons. The Bertz CT molecular complexity index is 1230. The fraction of sp³-hybridized carbons (Fsp3) is 0.130. The Morgan fingerprint density at radius 2 is 1.93 bits per heavy atom. The van der Waals surface area contributed by atoms with Crippen LogP contribution in [0.1, 0.15) is 15.9 Å². The summed E-state index contributed by atoms with van der Waals surface area (Å²) >= 11 is 6.11. The number of anilines is 1. The van der Waals surface area contributed by atoms with Gasteiger partial charge >= 0.3 is 0 Å². The molecule has 1 amide bonds. The van der Waals surface area contributed by atoms with Crippen LogP contribution >= 0.6 is 11.6 Å². The Hall–Kier alpha value is -3.51. The van der Waals surface area contributed by atoms with Crippen molar-refractivity contribution < 1.29 is 9.90 Å². The molecule has 0 aliphatic heterocycles. The van der Waals surface area contributed by atoms with Gasteiger partial charge in [-0.1, -0.05) is 35.9 Å². The molecule has 0 spiro atoms. The first-order valence-electron chi connectivity index (χ1n) is 9.44. The van der Waals surface area contributed by atoms with Gasteiger partial charge in [-0.25, -0.2) is 4.98 Å². The Labute approximate surface area is 179 Å². The number of phenols is 1. The van der Waals surface area contributed by atoms with Crippen molar-refractivity contribution in [3.63, 3.8) is 0 Å². The number of carbonyl (C=O) groups is 1. The molecule has 2 aromatic carbocycles. The van der Waals surface area contributed by atoms with E-state index in [1.54, 1.807) is 44.6 Å². The zero-order chi connectivity index (χ0) is 21.3. The fourth-order valence-electron chi connectivity index (χ4n) is 3.29. The molecule has 0 atom stereocenters. The molecule has 0 bridgehead atoms. The van der Waals surface area contributed by atoms with Gasteiger partial charge < -0.3 is 15.3 Å². The van der Waals surface area contributed by atoms with Gasteiger partial charge in [0, 0.05) is 37.4 Å². The number of carbonyl (C=O) groups excluding carboxylic acids is 1. The number of rotatable bonds is 5. The first kappa shape index (κ1) is 19.8. The van der Waals surface area contributed by atoms with E-state index in [0.717, 1.165) is 5.56 Å². The molecule has 2 N–H and O–H groups in total. The van der Waals surface area contributed by atoms with Crippen molar-refractivity contribution in [2.75, 3.05) is 19.4 Å². The highest BCUT2D eigenvalue weighted by molar-refractivity contribution is 6.30. The van der Waals surface area contributed by atoms with E-state index in [2.05, 4.69) is 5.32 Å². The van der Waals surface area contributed by atoms with Gasteiger partial charge in [0.15, 0.2) is 0 Å². The van der Waals surface area contributed by atoms with E-state index in [1.807, 2.05) is 40.8 Å². The molecule has 0 aliphatic carbocycles. The first-order valence-corrected chi connectivity index (χ1v) is 9.82. The fourth-order valence-corrected chi connectivity index (χ4v) is 3.51. The number of imidazole rings is 1. The van der Waals surface area contributed by atoms with E-state index in [4.69, 9.17) is 16.6 Å². The summed E-state index contributed by atoms with van der Waals surface area (Å²) in [6.45, 7) is 0.501. The summed E-state index contributed by atoms with van der Waals surface area (Å²) in [6.07, 6.45) is 1.76. The SMILES string of the molecule is CN(C)C(=O)c1ccc2nc(-c3ccccc3O)c(NCc3cccc(Cl)c3)n2c1. The normalized spacial score (nSPS) is 10.9. The molecular weight excluding hydrogens is 400 g/mol. The van der Waals surface area contributed by atoms with Gasteiger partial charge in [-0.2, -0.15) is 0 Å². The molecule has 0 unspecified atom stereocenters. The van der Waals surface area contributed by atoms with Crippen LogP contribution in [0, 0.1) is 0 Å². The molecule has 4 aromatic rings. The minimum Gasteiger partial charge on any atom is -0.507 e. The van der Waals surface area contributed by atoms with Crippen molar-refractivity contribution in [3.05, 3.63) is 83.0 Å². The highest BCUT2D eigenvalue weighted by atomic mass is 35.5. The van der Waals surface area contributed by atoms with Crippen molar-refractivity contribution in [3.8, 4) is 17.0 Å². The second-order valence-electron chi connectivity index (χ2n) is 7.16. The van der Waals surface area contributed by atoms with Gasteiger partial charge in [0.25, 0.3) is 5.91 Å². The van der Waals surface area contributed by atoms with Gasteiger partial charge in [0.05, 0.1) is 5.56 Å². The lowest BCUT2D eigenvalue weighted by Crippen LogP contribution is -2.22. The third-order valence-corrected chi connectivity index (χ3v) is 5.01. The van der Waals surface area contributed by atoms with Crippen LogP contribution in [0.3, 0.4) is 0 Å². The highest BCUT2D eigenvalue weighted by Gasteiger charge is 2.18. The number of hydrogen-bond donors (Lipinski definition) is 2. The molecule has 6 nitrogen and oxygen atoms in total. The number of aromatic nitrogens is 2. The standard InChI is InChI=1S/C23H21ClN4O2/c1-27(2)23(30)16-10-11-20-26-21(18-8-3-4-9-19(18)29)22(28(20)14-16)25-13-15-6-5-7-17(24)12-15/h3-12,14,25,29H,13H2,1-2H3. The predicted molar refractivity (Wildman–Crippen MR) is 119 cm³/mol. The minimum atomic E-state index is -0.101. The number of hydrogen-bond acceptors (Lipinski definition) is 4. The van der Waals surface area contributed by atoms with Crippen molar-refractivity contribution in [1.82, 2.24) is 14.3 Å². The van der Waals surface area contributed by atoms with Gasteiger partial charge in [-0.05, 0) is 42.0 Å². The average Bonchev–Trinajstić information content (AvgIpc) is 3.09. The second kappa shape index (κ2) is 8.08. The Balaban J connectivity index is 1.84. The quantitative estimate of drug-likeness (QED) is 0.492. The largest absolute Gasteiger partial charge is 0.507 e. The summed E-state index contributed by atoms with van der Waals surface area (Å²) in [5, 5.41) is 14.5. The summed E-state index contributed by atoms with van der Waals surface area (Å²) in [5.41, 5.74) is 3.41. The van der Waals surface area contributed by atoms with Crippen molar-refractivity contribution in [2.45, 2.75) is 6.54 Å². The van der Waals surface area contributed by atoms with Crippen LogP contribution < -0.4 is 5.32 Å². The van der Waals surface area contributed by atoms with E-state index in [-0.39, 0.29) is 11.7 Å². The minimum absolute atomic E-state index is 0.101. The summed E-state index contributed by atoms with van der Waals surface area (Å²) in [6, 6.07) is 18.2. The molecule has 2 heterocycles. The summed E-state index contributed by atoms with van der Waals surface area (Å²) in [4.78, 5) is 18.7. The predicted octanol–water partition coefficient (Wildman–Crippen LogP) is 4.67. The molecule has 0 radical (unpaired) electrons. The van der Waals surface area contributed by atoms with Crippen LogP contribution in [-0.4, -0.2) is 39.4 Å². The molecule has 0 saturated carbocycles. The van der Waals surface area contributed by atoms with Gasteiger partial charge in [-0.3, -0.25) is 9.20 Å². The molecule has 0 saturated heterocycles. The van der Waals surface area contributed by atoms with E-state index in [1.165, 1.54) is 4.90 Å². The molecular formula is C23H21ClN4O2. The number of benzene rings is 2. The van der Waals surface area contributed by atoms with E-state index < -0.39 is 0 Å². The molecule has 2 aromatic heterocycles. The number of nitrogens with one attached hydrogen (secondary N) is 1. The number of fused-ring (bicyclic) bond motifs is 1. The van der Waals surface area contributed by atoms with Crippen molar-refractivity contribution in [2.24, 2.45) is 0 Å². The van der Waals surface area contributed by atoms with Crippen LogP contribution in [0.25, 0.3) is 16.9 Å². The zero-order valence-corrected chi connectivity index (χ0v) is 17.4. The topological polar surface area (TPSA) is 69.9 Å². The maximum Gasteiger partial charge on any atom is 0.254 e. The number of para-hydroxylation sites is 1. The van der Waals surface area contributed by atoms with E-state index in [0.29, 0.717) is 39.9 Å². The summed E-state index contributed by atoms with van der Waals surface area (Å²) in [7, 11) is 3.43. The maximum atomic E-state index is 12.5. The lowest BCUT2D eigenvalue weighted by molar-refractivity contribution is 0.0827. The average molecular weight is 421 g/mol. The number of halogens is 1. The lowest BCUT2D eigenvalue weighted by atomic mass is 10.1. The number of phenolic OH excluding ortho intramolecular Hbond substituents is 1. The number of nitrogens with zero attached hydrogens (tertiary/aromatic N) is 3. The van der Waals surface area contributed by atoms with Crippen LogP contribution in [0.2, 0.25) is 5.02 Å². The Morgan fingerprint density at radius 3 is 2.67 bits per heavy atom. The molecule has 0 fully saturated rings. The smallest absolute Gasteiger partial charge is 0.254 e. The van der Waals surface area contributed by atoms with Gasteiger partial charge in [-0.15, -0.1) is 0 Å². The van der Waals surface area contributed by atoms with E-state index in [9.17, 15) is 9.90 Å². The maximum absolute atomic E-state index is 12.5. The Kier molecular flexibility index (Phi) is 5.33. The van der Waals surface area contributed by atoms with Crippen LogP contribution in [0.15, 0.2) is 66.9 Å². The monoisotopic (exact) mass is 420 g/mol. The molecule has 7 heteroatoms. The third kappa shape index (κ3) is 3.82. The molecule has 0 aliphatic rings. The van der Waals surface area contributed by atoms with Crippen LogP contribution in [0.5, 0.6) is 5.75 Å². The van der Waals surface area contributed by atoms with Crippen molar-refractivity contribution in [1.29, 1.82) is 0 Å². The summed E-state index contributed by atoms with van der Waals surface area (Å²) in [5.74, 6) is 0.715. The summed E-state index contributed by atoms with van der Waals surface area (Å²) < 4.78 is 1.84. The first-order chi connectivity index (χ1) is 14.4. The second-order valence-corrected chi connectivity index (χ2v) is 7.59. The lowest BCUT2D eigenvalue weighted by Gasteiger charge is -2.12. The van der Waals surface area contributed by atoms with Crippen LogP contribution in [-0.2, 0) is 6.54 Å². The highest BCUT2D eigenvalue weighted by Crippen LogP contribution is 2.35. The van der Waals surface area contributed by atoms with E-state index >= 15 is 0 Å². The molecule has 4 rings (SSSR count). The number of pyridine rings is 1. The van der Waals surface area contributed by atoms with Gasteiger partial charge in [0.1, 0.15) is 22.9 Å². The third-order valence-electron chi connectivity index (χ3n) is 4.78. The van der Waals surface area contributed by atoms with Crippen LogP contribution in [0.4, 0.5) is 5.82 Å². The Morgan fingerprint density at radius 1 is 1.13 bits per heavy atom. The number of aromatic hydroxyl groups is 1. The van der Waals surface area contributed by atoms with Crippen molar-refractivity contribution >= 4 is 29.0 Å². The number of amides is 1. The molecule has 30 heavy (non-hydrogen) atoms. The zero-order valence-electron chi connectivity index (χ0n) is 16.6. The van der Waals surface area contributed by atoms with Gasteiger partial charge in [0.2, 0.25) is 0 Å².